The number of ether oxygens (including phenoxy) is 1. The maximum absolute atomic E-state index is 12.0. The molecule has 0 amide bonds. The first-order valence-electron chi connectivity index (χ1n) is 16.8. The van der Waals surface area contributed by atoms with E-state index in [-0.39, 0.29) is 5.97 Å². The fraction of sp³-hybridized carbons (Fsp3) is 0.757. The van der Waals surface area contributed by atoms with Crippen LogP contribution in [0.25, 0.3) is 5.57 Å². The number of allylic oxidation sites excluding steroid dienone is 2. The van der Waals surface area contributed by atoms with Crippen molar-refractivity contribution in [1.82, 2.24) is 5.32 Å². The number of hydrogen-bond acceptors (Lipinski definition) is 3. The van der Waals surface area contributed by atoms with Crippen LogP contribution in [0.2, 0.25) is 0 Å². The monoisotopic (exact) mass is 543 g/mol. The molecule has 8 unspecified atom stereocenters. The SMILES string of the molecule is COC(=O)c1ccc(C2=CCC3(C)C(CCC4(C)C3CCC3C5CCCC5(NCC5CC5)CC[C@]34C)C2C)cc1. The molecule has 3 nitrogen and oxygen atoms in total. The van der Waals surface area contributed by atoms with Crippen molar-refractivity contribution in [3.63, 3.8) is 0 Å². The number of benzene rings is 1. The lowest BCUT2D eigenvalue weighted by Crippen LogP contribution is -2.67. The van der Waals surface area contributed by atoms with Crippen molar-refractivity contribution in [3.05, 3.63) is 41.5 Å². The van der Waals surface area contributed by atoms with Crippen molar-refractivity contribution in [2.75, 3.05) is 13.7 Å². The Morgan fingerprint density at radius 1 is 0.875 bits per heavy atom. The molecule has 7 rings (SSSR count). The van der Waals surface area contributed by atoms with Gasteiger partial charge in [-0.05, 0) is 152 Å². The van der Waals surface area contributed by atoms with Crippen molar-refractivity contribution in [1.29, 1.82) is 0 Å². The summed E-state index contributed by atoms with van der Waals surface area (Å²) in [6.45, 7) is 12.0. The van der Waals surface area contributed by atoms with E-state index in [4.69, 9.17) is 4.74 Å². The molecule has 0 aromatic heterocycles. The van der Waals surface area contributed by atoms with Gasteiger partial charge in [0.05, 0.1) is 12.7 Å². The standard InChI is InChI=1S/C37H53NO2/c1-24-28(26-10-12-27(13-11-26)33(39)40-5)16-19-34(2)29(24)17-20-36(4)32(34)15-14-30-31-7-6-18-37(31,22-21-35(30,36)3)38-23-25-8-9-25/h10-13,16,24-25,29-32,38H,6-9,14-15,17-23H2,1-5H3/t24?,29?,30?,31?,32?,34?,35-,36?,37?/m1/s1. The molecule has 6 aliphatic carbocycles. The normalized spacial score (nSPS) is 45.9. The van der Waals surface area contributed by atoms with Crippen LogP contribution < -0.4 is 5.32 Å². The van der Waals surface area contributed by atoms with Gasteiger partial charge in [0.25, 0.3) is 0 Å². The third-order valence-electron chi connectivity index (χ3n) is 14.6. The highest BCUT2D eigenvalue weighted by molar-refractivity contribution is 5.89. The van der Waals surface area contributed by atoms with Gasteiger partial charge in [-0.2, -0.15) is 0 Å². The van der Waals surface area contributed by atoms with Crippen molar-refractivity contribution < 1.29 is 9.53 Å². The molecule has 1 aromatic carbocycles. The summed E-state index contributed by atoms with van der Waals surface area (Å²) in [5, 5.41) is 4.25. The summed E-state index contributed by atoms with van der Waals surface area (Å²) in [4.78, 5) is 12.0. The largest absolute Gasteiger partial charge is 0.465 e. The third kappa shape index (κ3) is 3.81. The molecule has 6 aliphatic rings. The third-order valence-corrected chi connectivity index (χ3v) is 14.6. The fourth-order valence-corrected chi connectivity index (χ4v) is 12.1. The quantitative estimate of drug-likeness (QED) is 0.378. The summed E-state index contributed by atoms with van der Waals surface area (Å²) in [5.41, 5.74) is 5.18. The molecule has 0 saturated heterocycles. The number of rotatable bonds is 5. The van der Waals surface area contributed by atoms with Gasteiger partial charge in [0.1, 0.15) is 0 Å². The second-order valence-corrected chi connectivity index (χ2v) is 15.9. The molecule has 0 radical (unpaired) electrons. The Morgan fingerprint density at radius 3 is 2.38 bits per heavy atom. The summed E-state index contributed by atoms with van der Waals surface area (Å²) in [6, 6.07) is 8.16. The molecule has 9 atom stereocenters. The first-order valence-corrected chi connectivity index (χ1v) is 16.8. The number of methoxy groups -OCH3 is 1. The average molecular weight is 544 g/mol. The number of hydrogen-bond donors (Lipinski definition) is 1. The second-order valence-electron chi connectivity index (χ2n) is 15.9. The zero-order valence-electron chi connectivity index (χ0n) is 25.9. The summed E-state index contributed by atoms with van der Waals surface area (Å²) in [7, 11) is 1.46. The van der Waals surface area contributed by atoms with E-state index in [1.54, 1.807) is 0 Å². The van der Waals surface area contributed by atoms with E-state index >= 15 is 0 Å². The lowest BCUT2D eigenvalue weighted by Gasteiger charge is -2.71. The smallest absolute Gasteiger partial charge is 0.337 e. The molecular weight excluding hydrogens is 490 g/mol. The van der Waals surface area contributed by atoms with Crippen LogP contribution in [0.1, 0.15) is 121 Å². The molecule has 40 heavy (non-hydrogen) atoms. The van der Waals surface area contributed by atoms with Crippen molar-refractivity contribution >= 4 is 11.5 Å². The Hall–Kier alpha value is -1.61. The van der Waals surface area contributed by atoms with Crippen LogP contribution in [-0.2, 0) is 4.74 Å². The van der Waals surface area contributed by atoms with Gasteiger partial charge in [0.15, 0.2) is 0 Å². The summed E-state index contributed by atoms with van der Waals surface area (Å²) < 4.78 is 4.93. The predicted molar refractivity (Wildman–Crippen MR) is 163 cm³/mol. The highest BCUT2D eigenvalue weighted by atomic mass is 16.5. The highest BCUT2D eigenvalue weighted by Crippen LogP contribution is 2.75. The molecule has 0 aliphatic heterocycles. The number of fused-ring (bicyclic) bond motifs is 7. The summed E-state index contributed by atoms with van der Waals surface area (Å²) in [5.74, 6) is 4.63. The van der Waals surface area contributed by atoms with E-state index in [1.807, 2.05) is 12.1 Å². The van der Waals surface area contributed by atoms with Gasteiger partial charge in [0.2, 0.25) is 0 Å². The Balaban J connectivity index is 1.15. The van der Waals surface area contributed by atoms with Crippen LogP contribution in [0, 0.1) is 51.8 Å². The molecule has 1 aromatic rings. The molecule has 0 heterocycles. The van der Waals surface area contributed by atoms with Crippen LogP contribution in [0.4, 0.5) is 0 Å². The summed E-state index contributed by atoms with van der Waals surface area (Å²) in [6.07, 6.45) is 19.6. The van der Waals surface area contributed by atoms with E-state index in [2.05, 4.69) is 51.2 Å². The van der Waals surface area contributed by atoms with E-state index in [9.17, 15) is 4.79 Å². The minimum atomic E-state index is -0.253. The first kappa shape index (κ1) is 27.2. The van der Waals surface area contributed by atoms with Crippen LogP contribution in [0.15, 0.2) is 30.3 Å². The Morgan fingerprint density at radius 2 is 1.65 bits per heavy atom. The minimum absolute atomic E-state index is 0.253. The molecular formula is C37H53NO2. The van der Waals surface area contributed by atoms with Crippen LogP contribution >= 0.6 is 0 Å². The highest BCUT2D eigenvalue weighted by Gasteiger charge is 2.68. The Labute approximate surface area is 243 Å². The molecule has 5 fully saturated rings. The maximum Gasteiger partial charge on any atom is 0.337 e. The molecule has 218 valence electrons. The van der Waals surface area contributed by atoms with E-state index in [1.165, 1.54) is 102 Å². The molecule has 1 N–H and O–H groups in total. The molecule has 0 spiro atoms. The number of nitrogens with one attached hydrogen (secondary N) is 1. The zero-order chi connectivity index (χ0) is 27.9. The average Bonchev–Trinajstić information content (AvgIpc) is 3.69. The minimum Gasteiger partial charge on any atom is -0.465 e. The van der Waals surface area contributed by atoms with Gasteiger partial charge in [-0.3, -0.25) is 0 Å². The summed E-state index contributed by atoms with van der Waals surface area (Å²) >= 11 is 0. The van der Waals surface area contributed by atoms with Crippen LogP contribution in [0.3, 0.4) is 0 Å². The second kappa shape index (κ2) is 9.45. The van der Waals surface area contributed by atoms with Gasteiger partial charge >= 0.3 is 5.97 Å². The lowest BCUT2D eigenvalue weighted by molar-refractivity contribution is -0.211. The van der Waals surface area contributed by atoms with E-state index in [0.717, 1.165) is 29.6 Å². The van der Waals surface area contributed by atoms with Crippen molar-refractivity contribution in [2.24, 2.45) is 51.8 Å². The van der Waals surface area contributed by atoms with Crippen LogP contribution in [0.5, 0.6) is 0 Å². The maximum atomic E-state index is 12.0. The molecule has 5 saturated carbocycles. The van der Waals surface area contributed by atoms with E-state index in [0.29, 0.717) is 33.3 Å². The zero-order valence-corrected chi connectivity index (χ0v) is 25.9. The topological polar surface area (TPSA) is 38.3 Å². The number of carbonyl (C=O) groups is 1. The Kier molecular flexibility index (Phi) is 6.43. The van der Waals surface area contributed by atoms with Crippen LogP contribution in [-0.4, -0.2) is 25.2 Å². The van der Waals surface area contributed by atoms with Crippen molar-refractivity contribution in [2.45, 2.75) is 110 Å². The predicted octanol–water partition coefficient (Wildman–Crippen LogP) is 8.68. The van der Waals surface area contributed by atoms with Gasteiger partial charge in [-0.25, -0.2) is 4.79 Å². The van der Waals surface area contributed by atoms with E-state index < -0.39 is 0 Å². The fourth-order valence-electron chi connectivity index (χ4n) is 12.1. The first-order chi connectivity index (χ1) is 19.2. The van der Waals surface area contributed by atoms with Crippen molar-refractivity contribution in [3.8, 4) is 0 Å². The van der Waals surface area contributed by atoms with Gasteiger partial charge in [-0.15, -0.1) is 0 Å². The number of esters is 1. The number of carbonyl (C=O) groups excluding carboxylic acids is 1. The Bertz CT molecular complexity index is 1180. The lowest BCUT2D eigenvalue weighted by atomic mass is 9.34. The van der Waals surface area contributed by atoms with Gasteiger partial charge in [-0.1, -0.05) is 52.3 Å². The molecule has 0 bridgehead atoms. The molecule has 3 heteroatoms. The van der Waals surface area contributed by atoms with Gasteiger partial charge < -0.3 is 10.1 Å². The van der Waals surface area contributed by atoms with Gasteiger partial charge in [0, 0.05) is 5.54 Å².